The molecule has 1 aliphatic rings. The van der Waals surface area contributed by atoms with Gasteiger partial charge in [0, 0.05) is 13.0 Å². The summed E-state index contributed by atoms with van der Waals surface area (Å²) in [5.74, 6) is -1.44. The van der Waals surface area contributed by atoms with E-state index < -0.39 is 17.9 Å². The number of carboxylic acids is 1. The second-order valence-electron chi connectivity index (χ2n) is 7.18. The largest absolute Gasteiger partial charge is 0.480 e. The number of carboxylic acid groups (broad SMARTS) is 1. The maximum atomic E-state index is 12.0. The van der Waals surface area contributed by atoms with Crippen molar-refractivity contribution < 1.29 is 19.5 Å². The Hall–Kier alpha value is -1.59. The van der Waals surface area contributed by atoms with E-state index in [4.69, 9.17) is 0 Å². The van der Waals surface area contributed by atoms with Crippen LogP contribution in [0.4, 0.5) is 0 Å². The molecule has 1 aliphatic heterocycles. The molecule has 0 saturated carbocycles. The van der Waals surface area contributed by atoms with Crippen molar-refractivity contribution in [1.29, 1.82) is 0 Å². The van der Waals surface area contributed by atoms with E-state index in [-0.39, 0.29) is 17.9 Å². The number of hydrogen-bond acceptors (Lipinski definition) is 3. The molecule has 0 bridgehead atoms. The Morgan fingerprint density at radius 2 is 1.95 bits per heavy atom. The SMILES string of the molecule is CC(C)(C)CCC(NC(=O)CN1CCCCCC1=O)C(=O)O. The van der Waals surface area contributed by atoms with Gasteiger partial charge in [0.1, 0.15) is 6.04 Å². The lowest BCUT2D eigenvalue weighted by Crippen LogP contribution is -2.47. The zero-order valence-electron chi connectivity index (χ0n) is 13.9. The highest BCUT2D eigenvalue weighted by Gasteiger charge is 2.25. The van der Waals surface area contributed by atoms with Crippen LogP contribution in [0.25, 0.3) is 0 Å². The normalized spacial score (nSPS) is 17.8. The van der Waals surface area contributed by atoms with Crippen LogP contribution in [0.15, 0.2) is 0 Å². The average molecular weight is 312 g/mol. The average Bonchev–Trinajstić information content (AvgIpc) is 2.58. The summed E-state index contributed by atoms with van der Waals surface area (Å²) in [5, 5.41) is 11.8. The molecule has 6 heteroatoms. The van der Waals surface area contributed by atoms with Crippen LogP contribution in [0, 0.1) is 5.41 Å². The highest BCUT2D eigenvalue weighted by atomic mass is 16.4. The predicted molar refractivity (Wildman–Crippen MR) is 83.3 cm³/mol. The lowest BCUT2D eigenvalue weighted by molar-refractivity contribution is -0.142. The molecule has 0 aromatic heterocycles. The molecule has 1 saturated heterocycles. The first-order chi connectivity index (χ1) is 10.2. The van der Waals surface area contributed by atoms with Gasteiger partial charge in [0.25, 0.3) is 0 Å². The van der Waals surface area contributed by atoms with Crippen molar-refractivity contribution in [3.63, 3.8) is 0 Å². The van der Waals surface area contributed by atoms with E-state index >= 15 is 0 Å². The van der Waals surface area contributed by atoms with Gasteiger partial charge in [-0.3, -0.25) is 9.59 Å². The van der Waals surface area contributed by atoms with Gasteiger partial charge in [0.15, 0.2) is 0 Å². The quantitative estimate of drug-likeness (QED) is 0.783. The number of aliphatic carboxylic acids is 1. The molecule has 1 heterocycles. The number of carbonyl (C=O) groups excluding carboxylic acids is 2. The first kappa shape index (κ1) is 18.5. The molecule has 0 aromatic rings. The predicted octanol–water partition coefficient (Wildman–Crippen LogP) is 1.78. The van der Waals surface area contributed by atoms with E-state index in [1.54, 1.807) is 0 Å². The van der Waals surface area contributed by atoms with Gasteiger partial charge in [-0.25, -0.2) is 4.79 Å². The molecule has 126 valence electrons. The third kappa shape index (κ3) is 6.91. The molecule has 0 radical (unpaired) electrons. The zero-order chi connectivity index (χ0) is 16.8. The topological polar surface area (TPSA) is 86.7 Å². The summed E-state index contributed by atoms with van der Waals surface area (Å²) < 4.78 is 0. The third-order valence-corrected chi connectivity index (χ3v) is 3.82. The molecule has 1 fully saturated rings. The summed E-state index contributed by atoms with van der Waals surface area (Å²) in [6.45, 7) is 6.63. The molecule has 0 aliphatic carbocycles. The van der Waals surface area contributed by atoms with Crippen LogP contribution in [0.5, 0.6) is 0 Å². The van der Waals surface area contributed by atoms with Crippen LogP contribution in [0.3, 0.4) is 0 Å². The third-order valence-electron chi connectivity index (χ3n) is 3.82. The molecule has 1 unspecified atom stereocenters. The Morgan fingerprint density at radius 3 is 2.55 bits per heavy atom. The maximum Gasteiger partial charge on any atom is 0.326 e. The van der Waals surface area contributed by atoms with Gasteiger partial charge in [-0.05, 0) is 31.1 Å². The number of nitrogens with one attached hydrogen (secondary N) is 1. The molecule has 1 atom stereocenters. The zero-order valence-corrected chi connectivity index (χ0v) is 13.9. The van der Waals surface area contributed by atoms with Gasteiger partial charge >= 0.3 is 5.97 Å². The Balaban J connectivity index is 2.52. The van der Waals surface area contributed by atoms with Crippen molar-refractivity contribution in [2.45, 2.75) is 65.3 Å². The summed E-state index contributed by atoms with van der Waals surface area (Å²) in [6.07, 6.45) is 4.31. The summed E-state index contributed by atoms with van der Waals surface area (Å²) >= 11 is 0. The van der Waals surface area contributed by atoms with E-state index in [2.05, 4.69) is 5.32 Å². The number of carbonyl (C=O) groups is 3. The minimum absolute atomic E-state index is 0.0131. The minimum atomic E-state index is -1.03. The fourth-order valence-electron chi connectivity index (χ4n) is 2.45. The van der Waals surface area contributed by atoms with Crippen LogP contribution in [-0.4, -0.2) is 46.9 Å². The second-order valence-corrected chi connectivity index (χ2v) is 7.18. The van der Waals surface area contributed by atoms with Gasteiger partial charge < -0.3 is 15.3 Å². The first-order valence-electron chi connectivity index (χ1n) is 7.99. The van der Waals surface area contributed by atoms with Gasteiger partial charge in [0.2, 0.25) is 11.8 Å². The molecule has 22 heavy (non-hydrogen) atoms. The van der Waals surface area contributed by atoms with Crippen molar-refractivity contribution in [1.82, 2.24) is 10.2 Å². The van der Waals surface area contributed by atoms with Crippen molar-refractivity contribution in [3.8, 4) is 0 Å². The van der Waals surface area contributed by atoms with Crippen LogP contribution in [-0.2, 0) is 14.4 Å². The van der Waals surface area contributed by atoms with Gasteiger partial charge in [-0.1, -0.05) is 27.2 Å². The molecular formula is C16H28N2O4. The summed E-state index contributed by atoms with van der Waals surface area (Å²) in [4.78, 5) is 36.7. The molecular weight excluding hydrogens is 284 g/mol. The second kappa shape index (κ2) is 8.15. The molecule has 2 N–H and O–H groups in total. The van der Waals surface area contributed by atoms with Gasteiger partial charge in [-0.15, -0.1) is 0 Å². The van der Waals surface area contributed by atoms with Gasteiger partial charge in [-0.2, -0.15) is 0 Å². The Morgan fingerprint density at radius 1 is 1.27 bits per heavy atom. The highest BCUT2D eigenvalue weighted by molar-refractivity contribution is 5.88. The standard InChI is InChI=1S/C16H28N2O4/c1-16(2,3)9-8-12(15(21)22)17-13(19)11-18-10-6-4-5-7-14(18)20/h12H,4-11H2,1-3H3,(H,17,19)(H,21,22). The van der Waals surface area contributed by atoms with Crippen LogP contribution in [0.2, 0.25) is 0 Å². The fourth-order valence-corrected chi connectivity index (χ4v) is 2.45. The van der Waals surface area contributed by atoms with Gasteiger partial charge in [0.05, 0.1) is 6.54 Å². The monoisotopic (exact) mass is 312 g/mol. The van der Waals surface area contributed by atoms with Crippen LogP contribution < -0.4 is 5.32 Å². The smallest absolute Gasteiger partial charge is 0.326 e. The van der Waals surface area contributed by atoms with Crippen molar-refractivity contribution in [2.75, 3.05) is 13.1 Å². The van der Waals surface area contributed by atoms with Crippen molar-refractivity contribution in [3.05, 3.63) is 0 Å². The molecule has 0 spiro atoms. The molecule has 2 amide bonds. The Bertz CT molecular complexity index is 415. The highest BCUT2D eigenvalue weighted by Crippen LogP contribution is 2.21. The fraction of sp³-hybridized carbons (Fsp3) is 0.812. The molecule has 0 aromatic carbocycles. The van der Waals surface area contributed by atoms with Crippen LogP contribution in [0.1, 0.15) is 59.3 Å². The maximum absolute atomic E-state index is 12.0. The number of likely N-dealkylation sites (tertiary alicyclic amines) is 1. The van der Waals surface area contributed by atoms with Crippen molar-refractivity contribution in [2.24, 2.45) is 5.41 Å². The van der Waals surface area contributed by atoms with E-state index in [0.717, 1.165) is 19.3 Å². The van der Waals surface area contributed by atoms with Crippen molar-refractivity contribution >= 4 is 17.8 Å². The molecule has 1 rings (SSSR count). The van der Waals surface area contributed by atoms with E-state index in [0.29, 0.717) is 25.8 Å². The minimum Gasteiger partial charge on any atom is -0.480 e. The number of rotatable bonds is 6. The first-order valence-corrected chi connectivity index (χ1v) is 7.99. The lowest BCUT2D eigenvalue weighted by atomic mass is 9.88. The number of nitrogens with zero attached hydrogens (tertiary/aromatic N) is 1. The number of amides is 2. The molecule has 6 nitrogen and oxygen atoms in total. The lowest BCUT2D eigenvalue weighted by Gasteiger charge is -2.24. The van der Waals surface area contributed by atoms with Crippen LogP contribution >= 0.6 is 0 Å². The summed E-state index contributed by atoms with van der Waals surface area (Å²) in [5.41, 5.74) is 0.0131. The summed E-state index contributed by atoms with van der Waals surface area (Å²) in [7, 11) is 0. The Labute approximate surface area is 132 Å². The summed E-state index contributed by atoms with van der Waals surface area (Å²) in [6, 6.07) is -0.895. The Kier molecular flexibility index (Phi) is 6.84. The number of hydrogen-bond donors (Lipinski definition) is 2. The van der Waals surface area contributed by atoms with E-state index in [9.17, 15) is 19.5 Å². The van der Waals surface area contributed by atoms with E-state index in [1.165, 1.54) is 4.90 Å². The van der Waals surface area contributed by atoms with E-state index in [1.807, 2.05) is 20.8 Å².